The fraction of sp³-hybridized carbons (Fsp3) is 0.333. The van der Waals surface area contributed by atoms with Crippen molar-refractivity contribution in [1.82, 2.24) is 9.97 Å². The van der Waals surface area contributed by atoms with Crippen LogP contribution in [0.2, 0.25) is 0 Å². The van der Waals surface area contributed by atoms with Crippen LogP contribution in [0.1, 0.15) is 31.7 Å². The molecule has 0 amide bonds. The minimum absolute atomic E-state index is 0.0186. The zero-order valence-electron chi connectivity index (χ0n) is 11.9. The molecule has 112 valence electrons. The van der Waals surface area contributed by atoms with Crippen molar-refractivity contribution in [3.05, 3.63) is 46.3 Å². The number of ether oxygens (including phenoxy) is 1. The van der Waals surface area contributed by atoms with Crippen LogP contribution in [0.3, 0.4) is 0 Å². The molecule has 1 unspecified atom stereocenters. The van der Waals surface area contributed by atoms with Gasteiger partial charge in [0.1, 0.15) is 23.3 Å². The Hall–Kier alpha value is -2.21. The molecular weight excluding hydrogens is 275 g/mol. The summed E-state index contributed by atoms with van der Waals surface area (Å²) in [6.07, 6.45) is 1.15. The summed E-state index contributed by atoms with van der Waals surface area (Å²) in [6, 6.07) is 5.27. The molecule has 0 aliphatic heterocycles. The van der Waals surface area contributed by atoms with E-state index in [1.165, 1.54) is 31.4 Å². The normalized spacial score (nSPS) is 12.3. The quantitative estimate of drug-likeness (QED) is 0.888. The Morgan fingerprint density at radius 1 is 1.38 bits per heavy atom. The number of nitrogens with zero attached hydrogens (tertiary/aromatic N) is 1. The van der Waals surface area contributed by atoms with Crippen LogP contribution in [-0.4, -0.2) is 22.2 Å². The predicted molar refractivity (Wildman–Crippen MR) is 76.6 cm³/mol. The molecule has 1 heterocycles. The number of methoxy groups -OCH3 is 1. The van der Waals surface area contributed by atoms with E-state index in [1.54, 1.807) is 0 Å². The molecule has 0 radical (unpaired) electrons. The Morgan fingerprint density at radius 2 is 2.05 bits per heavy atom. The number of aromatic amines is 1. The highest BCUT2D eigenvalue weighted by atomic mass is 19.1. The zero-order valence-corrected chi connectivity index (χ0v) is 11.9. The van der Waals surface area contributed by atoms with Gasteiger partial charge in [0, 0.05) is 7.11 Å². The van der Waals surface area contributed by atoms with Crippen molar-refractivity contribution < 1.29 is 14.2 Å². The van der Waals surface area contributed by atoms with Gasteiger partial charge >= 0.3 is 0 Å². The first-order valence-corrected chi connectivity index (χ1v) is 6.68. The van der Waals surface area contributed by atoms with E-state index in [-0.39, 0.29) is 17.5 Å². The van der Waals surface area contributed by atoms with Gasteiger partial charge < -0.3 is 14.8 Å². The van der Waals surface area contributed by atoms with E-state index in [2.05, 4.69) is 9.97 Å². The summed E-state index contributed by atoms with van der Waals surface area (Å²) in [5, 5.41) is 10.0. The molecule has 2 aromatic rings. The molecule has 0 fully saturated rings. The number of aromatic hydroxyl groups is 1. The lowest BCUT2D eigenvalue weighted by Gasteiger charge is -2.14. The maximum atomic E-state index is 12.9. The molecule has 0 bridgehead atoms. The summed E-state index contributed by atoms with van der Waals surface area (Å²) in [7, 11) is 1.52. The lowest BCUT2D eigenvalue weighted by Crippen LogP contribution is -2.17. The molecule has 2 rings (SSSR count). The van der Waals surface area contributed by atoms with Gasteiger partial charge in [-0.2, -0.15) is 4.98 Å². The maximum Gasteiger partial charge on any atom is 0.262 e. The number of rotatable bonds is 5. The van der Waals surface area contributed by atoms with Crippen LogP contribution in [-0.2, 0) is 4.74 Å². The van der Waals surface area contributed by atoms with Gasteiger partial charge in [0.25, 0.3) is 5.56 Å². The second kappa shape index (κ2) is 6.49. The molecule has 0 saturated carbocycles. The lowest BCUT2D eigenvalue weighted by atomic mass is 10.1. The Labute approximate surface area is 121 Å². The average Bonchev–Trinajstić information content (AvgIpc) is 2.46. The Morgan fingerprint density at radius 3 is 2.57 bits per heavy atom. The molecule has 6 heteroatoms. The zero-order chi connectivity index (χ0) is 15.4. The SMILES string of the molecule is CCCC(OC)c1nc(O)c(-c2ccc(F)cc2)c(=O)[nH]1. The van der Waals surface area contributed by atoms with Crippen molar-refractivity contribution in [2.45, 2.75) is 25.9 Å². The summed E-state index contributed by atoms with van der Waals surface area (Å²) >= 11 is 0. The van der Waals surface area contributed by atoms with Gasteiger partial charge in [-0.1, -0.05) is 25.5 Å². The van der Waals surface area contributed by atoms with Crippen LogP contribution in [0.25, 0.3) is 11.1 Å². The van der Waals surface area contributed by atoms with Crippen molar-refractivity contribution in [1.29, 1.82) is 0 Å². The Kier molecular flexibility index (Phi) is 4.70. The molecule has 2 N–H and O–H groups in total. The monoisotopic (exact) mass is 292 g/mol. The third-order valence-electron chi connectivity index (χ3n) is 3.19. The van der Waals surface area contributed by atoms with E-state index in [9.17, 15) is 14.3 Å². The summed E-state index contributed by atoms with van der Waals surface area (Å²) in [4.78, 5) is 18.8. The van der Waals surface area contributed by atoms with Crippen LogP contribution in [0, 0.1) is 5.82 Å². The number of hydrogen-bond donors (Lipinski definition) is 2. The lowest BCUT2D eigenvalue weighted by molar-refractivity contribution is 0.0868. The molecule has 21 heavy (non-hydrogen) atoms. The average molecular weight is 292 g/mol. The predicted octanol–water partition coefficient (Wildman–Crippen LogP) is 2.77. The van der Waals surface area contributed by atoms with E-state index < -0.39 is 17.3 Å². The van der Waals surface area contributed by atoms with Gasteiger partial charge in [0.15, 0.2) is 0 Å². The Bertz CT molecular complexity index is 668. The van der Waals surface area contributed by atoms with Crippen LogP contribution >= 0.6 is 0 Å². The van der Waals surface area contributed by atoms with Gasteiger partial charge in [-0.25, -0.2) is 4.39 Å². The third kappa shape index (κ3) is 3.28. The highest BCUT2D eigenvalue weighted by molar-refractivity contribution is 5.67. The second-order valence-electron chi connectivity index (χ2n) is 4.67. The van der Waals surface area contributed by atoms with Gasteiger partial charge in [-0.3, -0.25) is 4.79 Å². The number of nitrogens with one attached hydrogen (secondary N) is 1. The smallest absolute Gasteiger partial charge is 0.262 e. The van der Waals surface area contributed by atoms with E-state index in [0.717, 1.165) is 6.42 Å². The summed E-state index contributed by atoms with van der Waals surface area (Å²) in [5.74, 6) is -0.520. The van der Waals surface area contributed by atoms with Crippen LogP contribution < -0.4 is 5.56 Å². The third-order valence-corrected chi connectivity index (χ3v) is 3.19. The molecule has 0 aliphatic rings. The van der Waals surface area contributed by atoms with Crippen LogP contribution in [0.15, 0.2) is 29.1 Å². The summed E-state index contributed by atoms with van der Waals surface area (Å²) in [6.45, 7) is 1.98. The van der Waals surface area contributed by atoms with Crippen molar-refractivity contribution in [2.24, 2.45) is 0 Å². The van der Waals surface area contributed by atoms with Crippen molar-refractivity contribution in [3.63, 3.8) is 0 Å². The van der Waals surface area contributed by atoms with Crippen molar-refractivity contribution in [2.75, 3.05) is 7.11 Å². The first-order valence-electron chi connectivity index (χ1n) is 6.68. The molecule has 0 aliphatic carbocycles. The molecule has 1 aromatic heterocycles. The summed E-state index contributed by atoms with van der Waals surface area (Å²) in [5.41, 5.74) is -0.0639. The second-order valence-corrected chi connectivity index (χ2v) is 4.67. The molecule has 0 spiro atoms. The van der Waals surface area contributed by atoms with Gasteiger partial charge in [0.05, 0.1) is 0 Å². The largest absolute Gasteiger partial charge is 0.493 e. The molecule has 1 atom stereocenters. The fourth-order valence-corrected chi connectivity index (χ4v) is 2.14. The van der Waals surface area contributed by atoms with E-state index in [4.69, 9.17) is 4.74 Å². The number of H-pyrrole nitrogens is 1. The minimum Gasteiger partial charge on any atom is -0.493 e. The van der Waals surface area contributed by atoms with Crippen molar-refractivity contribution >= 4 is 0 Å². The minimum atomic E-state index is -0.484. The number of benzene rings is 1. The standard InChI is InChI=1S/C15H17FN2O3/c1-3-4-11(21-2)13-17-14(19)12(15(20)18-13)9-5-7-10(16)8-6-9/h5-8,11H,3-4H2,1-2H3,(H2,17,18,19,20). The van der Waals surface area contributed by atoms with E-state index in [0.29, 0.717) is 12.0 Å². The first kappa shape index (κ1) is 15.2. The topological polar surface area (TPSA) is 75.2 Å². The molecule has 0 saturated heterocycles. The molecule has 5 nitrogen and oxygen atoms in total. The van der Waals surface area contributed by atoms with Gasteiger partial charge in [0.2, 0.25) is 5.88 Å². The number of hydrogen-bond acceptors (Lipinski definition) is 4. The first-order chi connectivity index (χ1) is 10.1. The Balaban J connectivity index is 2.46. The number of aromatic nitrogens is 2. The van der Waals surface area contributed by atoms with Crippen LogP contribution in [0.4, 0.5) is 4.39 Å². The molecule has 1 aromatic carbocycles. The van der Waals surface area contributed by atoms with E-state index in [1.807, 2.05) is 6.92 Å². The highest BCUT2D eigenvalue weighted by Gasteiger charge is 2.18. The maximum absolute atomic E-state index is 12.9. The number of halogens is 1. The van der Waals surface area contributed by atoms with Gasteiger partial charge in [-0.05, 0) is 24.1 Å². The van der Waals surface area contributed by atoms with Crippen molar-refractivity contribution in [3.8, 4) is 17.0 Å². The summed E-state index contributed by atoms with van der Waals surface area (Å²) < 4.78 is 18.2. The van der Waals surface area contributed by atoms with Crippen LogP contribution in [0.5, 0.6) is 5.88 Å². The fourth-order valence-electron chi connectivity index (χ4n) is 2.14. The highest BCUT2D eigenvalue weighted by Crippen LogP contribution is 2.26. The molecular formula is C15H17FN2O3. The van der Waals surface area contributed by atoms with E-state index >= 15 is 0 Å². The van der Waals surface area contributed by atoms with Gasteiger partial charge in [-0.15, -0.1) is 0 Å².